The summed E-state index contributed by atoms with van der Waals surface area (Å²) in [6, 6.07) is 0.684. The van der Waals surface area contributed by atoms with Gasteiger partial charge in [0.25, 0.3) is 0 Å². The Morgan fingerprint density at radius 2 is 2.33 bits per heavy atom. The zero-order valence-corrected chi connectivity index (χ0v) is 13.4. The van der Waals surface area contributed by atoms with E-state index in [0.717, 1.165) is 36.7 Å². The molecule has 2 aromatic heterocycles. The van der Waals surface area contributed by atoms with Crippen molar-refractivity contribution in [2.75, 3.05) is 24.6 Å². The van der Waals surface area contributed by atoms with Crippen molar-refractivity contribution in [3.63, 3.8) is 0 Å². The summed E-state index contributed by atoms with van der Waals surface area (Å²) >= 11 is 1.67. The van der Waals surface area contributed by atoms with E-state index in [1.54, 1.807) is 11.3 Å². The number of anilines is 1. The molecule has 0 aromatic carbocycles. The first kappa shape index (κ1) is 14.8. The van der Waals surface area contributed by atoms with Crippen LogP contribution in [-0.4, -0.2) is 40.2 Å². The minimum absolute atomic E-state index is 0.171. The lowest BCUT2D eigenvalue weighted by Crippen LogP contribution is -2.30. The van der Waals surface area contributed by atoms with Gasteiger partial charge >= 0.3 is 0 Å². The van der Waals surface area contributed by atoms with Gasteiger partial charge in [-0.3, -0.25) is 4.40 Å². The quantitative estimate of drug-likeness (QED) is 0.746. The van der Waals surface area contributed by atoms with E-state index in [0.29, 0.717) is 12.6 Å². The zero-order valence-electron chi connectivity index (χ0n) is 12.6. The molecule has 0 atom stereocenters. The maximum Gasteiger partial charge on any atom is 0.195 e. The fourth-order valence-electron chi connectivity index (χ4n) is 2.56. The first-order valence-corrected chi connectivity index (χ1v) is 8.75. The number of unbranched alkanes of at least 4 members (excludes halogenated alkanes) is 1. The molecule has 1 aliphatic rings. The lowest BCUT2D eigenvalue weighted by atomic mass is 10.3. The normalized spacial score (nSPS) is 15.0. The summed E-state index contributed by atoms with van der Waals surface area (Å²) < 4.78 is 2.19. The average Bonchev–Trinajstić information content (AvgIpc) is 3.09. The molecular weight excluding hydrogens is 284 g/mol. The van der Waals surface area contributed by atoms with E-state index in [-0.39, 0.29) is 6.61 Å². The van der Waals surface area contributed by atoms with Gasteiger partial charge in [-0.1, -0.05) is 13.3 Å². The fraction of sp³-hybridized carbons (Fsp3) is 0.667. The SMILES string of the molecule is CCCCN(CCO)c1nc2sccn2c1CNC1CC1. The number of rotatable bonds is 9. The number of imidazole rings is 1. The summed E-state index contributed by atoms with van der Waals surface area (Å²) in [7, 11) is 0. The third kappa shape index (κ3) is 3.39. The van der Waals surface area contributed by atoms with Gasteiger partial charge in [0.1, 0.15) is 0 Å². The summed E-state index contributed by atoms with van der Waals surface area (Å²) in [5.41, 5.74) is 1.22. The standard InChI is InChI=1S/C15H24N4OS/c1-2-3-6-18(7-9-20)14-13(11-16-12-4-5-12)19-8-10-21-15(19)17-14/h8,10,12,16,20H,2-7,9,11H2,1H3. The highest BCUT2D eigenvalue weighted by molar-refractivity contribution is 7.15. The zero-order chi connectivity index (χ0) is 14.7. The van der Waals surface area contributed by atoms with Gasteiger partial charge in [-0.25, -0.2) is 4.98 Å². The number of nitrogens with zero attached hydrogens (tertiary/aromatic N) is 3. The van der Waals surface area contributed by atoms with Crippen LogP contribution >= 0.6 is 11.3 Å². The Balaban J connectivity index is 1.85. The minimum Gasteiger partial charge on any atom is -0.395 e. The predicted molar refractivity (Wildman–Crippen MR) is 87.1 cm³/mol. The van der Waals surface area contributed by atoms with Gasteiger partial charge < -0.3 is 15.3 Å². The summed E-state index contributed by atoms with van der Waals surface area (Å²) in [5.74, 6) is 1.04. The number of fused-ring (bicyclic) bond motifs is 1. The topological polar surface area (TPSA) is 52.8 Å². The molecule has 1 aliphatic carbocycles. The van der Waals surface area contributed by atoms with Crippen LogP contribution in [0.2, 0.25) is 0 Å². The number of aliphatic hydroxyl groups excluding tert-OH is 1. The van der Waals surface area contributed by atoms with Gasteiger partial charge in [0.05, 0.1) is 12.3 Å². The Labute approximate surface area is 129 Å². The number of thiazole rings is 1. The second-order valence-corrected chi connectivity index (χ2v) is 6.53. The minimum atomic E-state index is 0.171. The Kier molecular flexibility index (Phi) is 4.77. The molecule has 1 saturated carbocycles. The van der Waals surface area contributed by atoms with E-state index in [1.807, 2.05) is 0 Å². The predicted octanol–water partition coefficient (Wildman–Crippen LogP) is 2.25. The second kappa shape index (κ2) is 6.77. The lowest BCUT2D eigenvalue weighted by Gasteiger charge is -2.23. The van der Waals surface area contributed by atoms with Crippen LogP contribution < -0.4 is 10.2 Å². The van der Waals surface area contributed by atoms with Crippen molar-refractivity contribution in [1.29, 1.82) is 0 Å². The molecule has 0 saturated heterocycles. The van der Waals surface area contributed by atoms with Gasteiger partial charge in [0.15, 0.2) is 10.8 Å². The molecule has 6 heteroatoms. The highest BCUT2D eigenvalue weighted by Gasteiger charge is 2.23. The molecule has 2 N–H and O–H groups in total. The van der Waals surface area contributed by atoms with E-state index in [1.165, 1.54) is 18.5 Å². The average molecular weight is 308 g/mol. The molecule has 116 valence electrons. The molecule has 5 nitrogen and oxygen atoms in total. The summed E-state index contributed by atoms with van der Waals surface area (Å²) in [6.07, 6.45) is 6.95. The molecule has 3 rings (SSSR count). The Morgan fingerprint density at radius 1 is 1.48 bits per heavy atom. The van der Waals surface area contributed by atoms with Crippen molar-refractivity contribution in [1.82, 2.24) is 14.7 Å². The van der Waals surface area contributed by atoms with Crippen LogP contribution in [0.5, 0.6) is 0 Å². The Bertz CT molecular complexity index is 575. The van der Waals surface area contributed by atoms with Crippen molar-refractivity contribution in [3.8, 4) is 0 Å². The van der Waals surface area contributed by atoms with Crippen LogP contribution in [0.4, 0.5) is 5.82 Å². The van der Waals surface area contributed by atoms with E-state index in [4.69, 9.17) is 4.98 Å². The molecule has 0 aliphatic heterocycles. The molecule has 0 unspecified atom stereocenters. The number of nitrogens with one attached hydrogen (secondary N) is 1. The third-order valence-corrected chi connectivity index (χ3v) is 4.68. The first-order chi connectivity index (χ1) is 10.3. The van der Waals surface area contributed by atoms with Crippen LogP contribution in [0, 0.1) is 0 Å². The molecule has 0 bridgehead atoms. The fourth-order valence-corrected chi connectivity index (χ4v) is 3.29. The number of aliphatic hydroxyl groups is 1. The molecule has 0 radical (unpaired) electrons. The maximum absolute atomic E-state index is 9.35. The maximum atomic E-state index is 9.35. The van der Waals surface area contributed by atoms with Gasteiger partial charge in [-0.15, -0.1) is 11.3 Å². The van der Waals surface area contributed by atoms with Crippen molar-refractivity contribution < 1.29 is 5.11 Å². The smallest absolute Gasteiger partial charge is 0.195 e. The number of aromatic nitrogens is 2. The largest absolute Gasteiger partial charge is 0.395 e. The van der Waals surface area contributed by atoms with Gasteiger partial charge in [-0.2, -0.15) is 0 Å². The summed E-state index contributed by atoms with van der Waals surface area (Å²) in [4.78, 5) is 8.07. The molecule has 0 spiro atoms. The van der Waals surface area contributed by atoms with E-state index < -0.39 is 0 Å². The van der Waals surface area contributed by atoms with Crippen molar-refractivity contribution in [2.45, 2.75) is 45.2 Å². The molecule has 21 heavy (non-hydrogen) atoms. The highest BCUT2D eigenvalue weighted by Crippen LogP contribution is 2.26. The Hall–Kier alpha value is -1.11. The van der Waals surface area contributed by atoms with E-state index in [2.05, 4.69) is 33.1 Å². The van der Waals surface area contributed by atoms with Crippen LogP contribution in [0.1, 0.15) is 38.3 Å². The van der Waals surface area contributed by atoms with Crippen molar-refractivity contribution in [2.24, 2.45) is 0 Å². The van der Waals surface area contributed by atoms with Crippen LogP contribution in [0.3, 0.4) is 0 Å². The van der Waals surface area contributed by atoms with E-state index in [9.17, 15) is 5.11 Å². The van der Waals surface area contributed by atoms with Crippen molar-refractivity contribution >= 4 is 22.1 Å². The monoisotopic (exact) mass is 308 g/mol. The Morgan fingerprint density at radius 3 is 3.05 bits per heavy atom. The van der Waals surface area contributed by atoms with Gasteiger partial charge in [-0.05, 0) is 19.3 Å². The van der Waals surface area contributed by atoms with Crippen LogP contribution in [0.25, 0.3) is 4.96 Å². The first-order valence-electron chi connectivity index (χ1n) is 7.87. The third-order valence-electron chi connectivity index (χ3n) is 3.93. The number of hydrogen-bond donors (Lipinski definition) is 2. The lowest BCUT2D eigenvalue weighted by molar-refractivity contribution is 0.301. The van der Waals surface area contributed by atoms with Crippen molar-refractivity contribution in [3.05, 3.63) is 17.3 Å². The summed E-state index contributed by atoms with van der Waals surface area (Å²) in [5, 5.41) is 15.0. The van der Waals surface area contributed by atoms with E-state index >= 15 is 0 Å². The molecular formula is C15H24N4OS. The second-order valence-electron chi connectivity index (χ2n) is 5.66. The number of hydrogen-bond acceptors (Lipinski definition) is 5. The molecule has 1 fully saturated rings. The van der Waals surface area contributed by atoms with Crippen LogP contribution in [-0.2, 0) is 6.54 Å². The van der Waals surface area contributed by atoms with Crippen LogP contribution in [0.15, 0.2) is 11.6 Å². The summed E-state index contributed by atoms with van der Waals surface area (Å²) in [6.45, 7) is 4.83. The molecule has 2 aromatic rings. The van der Waals surface area contributed by atoms with Gasteiger partial charge in [0, 0.05) is 37.3 Å². The van der Waals surface area contributed by atoms with Gasteiger partial charge in [0.2, 0.25) is 0 Å². The molecule has 2 heterocycles. The highest BCUT2D eigenvalue weighted by atomic mass is 32.1. The molecule has 0 amide bonds.